The Bertz CT molecular complexity index is 1430. The second kappa shape index (κ2) is 5.97. The Hall–Kier alpha value is -3.06. The summed E-state index contributed by atoms with van der Waals surface area (Å²) in [6.45, 7) is 0. The van der Waals surface area contributed by atoms with Crippen LogP contribution >= 0.6 is 0 Å². The van der Waals surface area contributed by atoms with E-state index < -0.39 is 30.0 Å². The van der Waals surface area contributed by atoms with E-state index in [9.17, 15) is 25.9 Å². The summed E-state index contributed by atoms with van der Waals surface area (Å²) >= 11 is 0. The van der Waals surface area contributed by atoms with Crippen LogP contribution in [-0.4, -0.2) is 40.9 Å². The van der Waals surface area contributed by atoms with Gasteiger partial charge < -0.3 is 5.73 Å². The van der Waals surface area contributed by atoms with Gasteiger partial charge in [0.2, 0.25) is 0 Å². The summed E-state index contributed by atoms with van der Waals surface area (Å²) < 4.78 is 66.5. The van der Waals surface area contributed by atoms with E-state index in [0.29, 0.717) is 11.4 Å². The largest absolute Gasteiger partial charge is 0.399 e. The fourth-order valence-electron chi connectivity index (χ4n) is 2.93. The Morgan fingerprint density at radius 1 is 0.857 bits per heavy atom. The van der Waals surface area contributed by atoms with Crippen molar-refractivity contribution in [3.05, 3.63) is 48.5 Å². The molecule has 0 aliphatic heterocycles. The van der Waals surface area contributed by atoms with Gasteiger partial charge in [0.1, 0.15) is 20.8 Å². The third kappa shape index (κ3) is 2.97. The number of rotatable bonds is 3. The van der Waals surface area contributed by atoms with Crippen LogP contribution in [0.25, 0.3) is 27.5 Å². The monoisotopic (exact) mass is 420 g/mol. The van der Waals surface area contributed by atoms with Gasteiger partial charge >= 0.3 is 0 Å². The van der Waals surface area contributed by atoms with Crippen LogP contribution in [0.3, 0.4) is 0 Å². The Labute approximate surface area is 158 Å². The summed E-state index contributed by atoms with van der Waals surface area (Å²) in [5.74, 6) is 0. The van der Waals surface area contributed by atoms with E-state index in [0.717, 1.165) is 16.9 Å². The van der Waals surface area contributed by atoms with E-state index in [4.69, 9.17) is 5.73 Å². The molecule has 4 N–H and O–H groups in total. The number of anilines is 1. The van der Waals surface area contributed by atoms with Crippen LogP contribution in [0.1, 0.15) is 0 Å². The number of benzene rings is 3. The molecule has 0 fully saturated rings. The summed E-state index contributed by atoms with van der Waals surface area (Å²) in [6, 6.07) is 11.2. The fourth-order valence-corrected chi connectivity index (χ4v) is 4.35. The molecular weight excluding hydrogens is 408 g/mol. The van der Waals surface area contributed by atoms with Gasteiger partial charge in [0, 0.05) is 16.5 Å². The van der Waals surface area contributed by atoms with E-state index in [-0.39, 0.29) is 21.8 Å². The van der Waals surface area contributed by atoms with Gasteiger partial charge in [0.25, 0.3) is 20.2 Å². The van der Waals surface area contributed by atoms with E-state index >= 15 is 0 Å². The van der Waals surface area contributed by atoms with Gasteiger partial charge in [-0.1, -0.05) is 12.1 Å². The molecule has 3 aromatic carbocycles. The van der Waals surface area contributed by atoms with Crippen molar-refractivity contribution in [2.75, 3.05) is 5.73 Å². The Morgan fingerprint density at radius 3 is 2.11 bits per heavy atom. The van der Waals surface area contributed by atoms with E-state index in [1.54, 1.807) is 24.3 Å². The van der Waals surface area contributed by atoms with Gasteiger partial charge in [-0.25, -0.2) is 0 Å². The van der Waals surface area contributed by atoms with E-state index in [2.05, 4.69) is 10.2 Å². The lowest BCUT2D eigenvalue weighted by Crippen LogP contribution is -2.03. The molecule has 1 aromatic heterocycles. The molecule has 0 spiro atoms. The van der Waals surface area contributed by atoms with Crippen LogP contribution in [0.4, 0.5) is 5.69 Å². The summed E-state index contributed by atoms with van der Waals surface area (Å²) in [4.78, 5) is 0.0627. The van der Waals surface area contributed by atoms with Crippen molar-refractivity contribution in [3.8, 4) is 5.69 Å². The number of nitrogen functional groups attached to an aromatic ring is 1. The highest BCUT2D eigenvalue weighted by Gasteiger charge is 2.24. The van der Waals surface area contributed by atoms with Crippen LogP contribution < -0.4 is 5.73 Å². The van der Waals surface area contributed by atoms with Crippen molar-refractivity contribution >= 4 is 47.7 Å². The van der Waals surface area contributed by atoms with E-state index in [1.165, 1.54) is 12.1 Å². The highest BCUT2D eigenvalue weighted by atomic mass is 32.2. The maximum atomic E-state index is 11.8. The summed E-state index contributed by atoms with van der Waals surface area (Å²) in [5, 5.41) is 8.14. The minimum Gasteiger partial charge on any atom is -0.399 e. The lowest BCUT2D eigenvalue weighted by molar-refractivity contribution is 0.481. The molecule has 144 valence electrons. The topological polar surface area (TPSA) is 165 Å². The lowest BCUT2D eigenvalue weighted by atomic mass is 10.1. The molecule has 4 rings (SSSR count). The van der Waals surface area contributed by atoms with Crippen LogP contribution in [0.15, 0.2) is 58.3 Å². The molecule has 0 unspecified atom stereocenters. The third-order valence-corrected chi connectivity index (χ3v) is 5.91. The number of hydrogen-bond donors (Lipinski definition) is 3. The van der Waals surface area contributed by atoms with Crippen LogP contribution in [0, 0.1) is 0 Å². The second-order valence-corrected chi connectivity index (χ2v) is 8.73. The average molecular weight is 420 g/mol. The molecule has 0 bridgehead atoms. The molecule has 1 heterocycles. The normalized spacial score (nSPS) is 12.6. The number of nitrogens with two attached hydrogens (primary N) is 1. The molecule has 0 aliphatic carbocycles. The van der Waals surface area contributed by atoms with Gasteiger partial charge in [0.15, 0.2) is 0 Å². The first-order valence-corrected chi connectivity index (χ1v) is 10.6. The number of nitrogens with zero attached hydrogens (tertiary/aromatic N) is 3. The Kier molecular flexibility index (Phi) is 3.90. The van der Waals surface area contributed by atoms with Crippen molar-refractivity contribution in [1.29, 1.82) is 0 Å². The average Bonchev–Trinajstić information content (AvgIpc) is 3.03. The van der Waals surface area contributed by atoms with Crippen molar-refractivity contribution < 1.29 is 25.9 Å². The van der Waals surface area contributed by atoms with Gasteiger partial charge in [-0.05, 0) is 36.4 Å². The zero-order valence-electron chi connectivity index (χ0n) is 13.9. The Morgan fingerprint density at radius 2 is 1.50 bits per heavy atom. The molecule has 0 saturated heterocycles. The highest BCUT2D eigenvalue weighted by Crippen LogP contribution is 2.34. The zero-order valence-corrected chi connectivity index (χ0v) is 15.5. The number of hydrogen-bond acceptors (Lipinski definition) is 7. The SMILES string of the molecule is Nc1ccc(-n2nc3cc(S(=O)(=O)O)c4cccc(S(=O)(=O)O)c4c3n2)cc1. The summed E-state index contributed by atoms with van der Waals surface area (Å²) in [7, 11) is -9.43. The first-order chi connectivity index (χ1) is 13.1. The molecule has 0 amide bonds. The molecule has 12 heteroatoms. The quantitative estimate of drug-likeness (QED) is 0.330. The second-order valence-electron chi connectivity index (χ2n) is 5.95. The molecule has 0 saturated carbocycles. The van der Waals surface area contributed by atoms with Crippen molar-refractivity contribution in [1.82, 2.24) is 15.0 Å². The first-order valence-electron chi connectivity index (χ1n) is 7.69. The molecule has 10 nitrogen and oxygen atoms in total. The molecule has 0 atom stereocenters. The molecule has 0 radical (unpaired) electrons. The molecule has 28 heavy (non-hydrogen) atoms. The number of aromatic nitrogens is 3. The van der Waals surface area contributed by atoms with Gasteiger partial charge in [0.05, 0.1) is 5.69 Å². The van der Waals surface area contributed by atoms with Gasteiger partial charge in [-0.2, -0.15) is 21.6 Å². The minimum absolute atomic E-state index is 0.00745. The van der Waals surface area contributed by atoms with Crippen molar-refractivity contribution in [3.63, 3.8) is 0 Å². The molecule has 0 aliphatic rings. The van der Waals surface area contributed by atoms with E-state index in [1.807, 2.05) is 0 Å². The third-order valence-electron chi connectivity index (χ3n) is 4.12. The van der Waals surface area contributed by atoms with Gasteiger partial charge in [-0.15, -0.1) is 10.2 Å². The predicted octanol–water partition coefficient (Wildman–Crippen LogP) is 1.65. The smallest absolute Gasteiger partial charge is 0.295 e. The van der Waals surface area contributed by atoms with Crippen molar-refractivity contribution in [2.24, 2.45) is 0 Å². The first kappa shape index (κ1) is 18.3. The zero-order chi connectivity index (χ0) is 20.3. The fraction of sp³-hybridized carbons (Fsp3) is 0. The maximum absolute atomic E-state index is 11.8. The standard InChI is InChI=1S/C16H12N4O6S2/c17-9-4-6-10(7-5-9)20-18-12-8-14(28(24,25)26)11-2-1-3-13(27(21,22)23)15(11)16(12)19-20/h1-8H,17H2,(H,21,22,23)(H,24,25,26). The predicted molar refractivity (Wildman–Crippen MR) is 100 cm³/mol. The molecular formula is C16H12N4O6S2. The van der Waals surface area contributed by atoms with Crippen LogP contribution in [-0.2, 0) is 20.2 Å². The van der Waals surface area contributed by atoms with Crippen molar-refractivity contribution in [2.45, 2.75) is 9.79 Å². The Balaban J connectivity index is 2.19. The highest BCUT2D eigenvalue weighted by molar-refractivity contribution is 7.86. The number of fused-ring (bicyclic) bond motifs is 3. The molecule has 4 aromatic rings. The summed E-state index contributed by atoms with van der Waals surface area (Å²) in [5.41, 5.74) is 6.68. The van der Waals surface area contributed by atoms with Crippen LogP contribution in [0.2, 0.25) is 0 Å². The maximum Gasteiger partial charge on any atom is 0.295 e. The lowest BCUT2D eigenvalue weighted by Gasteiger charge is -2.07. The van der Waals surface area contributed by atoms with Crippen LogP contribution in [0.5, 0.6) is 0 Å². The summed E-state index contributed by atoms with van der Waals surface area (Å²) in [6.07, 6.45) is 0. The minimum atomic E-state index is -4.71. The van der Waals surface area contributed by atoms with Gasteiger partial charge in [-0.3, -0.25) is 9.11 Å².